The lowest BCUT2D eigenvalue weighted by molar-refractivity contribution is 0.435. The van der Waals surface area contributed by atoms with Crippen molar-refractivity contribution < 1.29 is 8.78 Å². The van der Waals surface area contributed by atoms with Gasteiger partial charge >= 0.3 is 0 Å². The molecule has 0 amide bonds. The highest BCUT2D eigenvalue weighted by Crippen LogP contribution is 2.27. The van der Waals surface area contributed by atoms with Gasteiger partial charge in [-0.25, -0.2) is 8.78 Å². The predicted molar refractivity (Wildman–Crippen MR) is 67.1 cm³/mol. The van der Waals surface area contributed by atoms with Crippen LogP contribution in [0.4, 0.5) is 8.78 Å². The third-order valence-corrected chi connectivity index (χ3v) is 3.00. The van der Waals surface area contributed by atoms with Crippen molar-refractivity contribution in [3.05, 3.63) is 35.4 Å². The van der Waals surface area contributed by atoms with Crippen molar-refractivity contribution in [1.29, 1.82) is 0 Å². The number of nitrogens with one attached hydrogen (secondary N) is 1. The topological polar surface area (TPSA) is 12.0 Å². The number of halogens is 2. The molecule has 1 nitrogen and oxygen atoms in total. The first-order chi connectivity index (χ1) is 7.83. The molecule has 0 atom stereocenters. The number of rotatable bonds is 5. The highest BCUT2D eigenvalue weighted by molar-refractivity contribution is 5.25. The van der Waals surface area contributed by atoms with E-state index >= 15 is 0 Å². The summed E-state index contributed by atoms with van der Waals surface area (Å²) in [6.45, 7) is 9.13. The van der Waals surface area contributed by atoms with Gasteiger partial charge in [0.25, 0.3) is 0 Å². The molecule has 0 aliphatic rings. The molecule has 17 heavy (non-hydrogen) atoms. The van der Waals surface area contributed by atoms with Gasteiger partial charge in [-0.15, -0.1) is 0 Å². The van der Waals surface area contributed by atoms with E-state index in [-0.39, 0.29) is 5.41 Å². The van der Waals surface area contributed by atoms with Gasteiger partial charge in [-0.2, -0.15) is 0 Å². The Balaban J connectivity index is 2.71. The Hall–Kier alpha value is -0.960. The molecule has 1 aromatic carbocycles. The van der Waals surface area contributed by atoms with Crippen LogP contribution in [-0.4, -0.2) is 12.6 Å². The fraction of sp³-hybridized carbons (Fsp3) is 0.571. The molecular formula is C14H21F2N. The van der Waals surface area contributed by atoms with Crippen LogP contribution in [-0.2, 0) is 5.41 Å². The summed E-state index contributed by atoms with van der Waals surface area (Å²) in [5.41, 5.74) is 0.679. The van der Waals surface area contributed by atoms with Gasteiger partial charge in [0.2, 0.25) is 0 Å². The Morgan fingerprint density at radius 1 is 1.18 bits per heavy atom. The minimum absolute atomic E-state index is 0.156. The molecule has 0 heterocycles. The van der Waals surface area contributed by atoms with E-state index < -0.39 is 11.6 Å². The molecule has 0 saturated carbocycles. The quantitative estimate of drug-likeness (QED) is 0.830. The summed E-state index contributed by atoms with van der Waals surface area (Å²) in [6, 6.07) is 4.59. The van der Waals surface area contributed by atoms with Gasteiger partial charge in [0.05, 0.1) is 0 Å². The molecule has 0 bridgehead atoms. The van der Waals surface area contributed by atoms with E-state index in [1.165, 1.54) is 12.1 Å². The van der Waals surface area contributed by atoms with E-state index in [1.54, 1.807) is 6.07 Å². The Kier molecular flexibility index (Phi) is 4.63. The lowest BCUT2D eigenvalue weighted by Crippen LogP contribution is -2.29. The first-order valence-electron chi connectivity index (χ1n) is 6.02. The Morgan fingerprint density at radius 2 is 1.82 bits per heavy atom. The maximum Gasteiger partial charge on any atom is 0.159 e. The lowest BCUT2D eigenvalue weighted by atomic mass is 9.81. The van der Waals surface area contributed by atoms with Crippen LogP contribution < -0.4 is 5.32 Å². The van der Waals surface area contributed by atoms with E-state index in [4.69, 9.17) is 0 Å². The minimum atomic E-state index is -0.787. The van der Waals surface area contributed by atoms with Gasteiger partial charge in [-0.05, 0) is 36.1 Å². The molecule has 0 fully saturated rings. The van der Waals surface area contributed by atoms with Crippen molar-refractivity contribution in [2.24, 2.45) is 0 Å². The smallest absolute Gasteiger partial charge is 0.159 e. The van der Waals surface area contributed by atoms with Crippen LogP contribution >= 0.6 is 0 Å². The van der Waals surface area contributed by atoms with Crippen LogP contribution in [0.25, 0.3) is 0 Å². The zero-order valence-electron chi connectivity index (χ0n) is 11.0. The van der Waals surface area contributed by atoms with Crippen LogP contribution in [0.15, 0.2) is 18.2 Å². The summed E-state index contributed by atoms with van der Waals surface area (Å²) >= 11 is 0. The molecule has 0 radical (unpaired) electrons. The van der Waals surface area contributed by atoms with Gasteiger partial charge in [-0.3, -0.25) is 0 Å². The third kappa shape index (κ3) is 4.08. The monoisotopic (exact) mass is 241 g/mol. The number of hydrogen-bond acceptors (Lipinski definition) is 1. The van der Waals surface area contributed by atoms with Gasteiger partial charge in [-0.1, -0.05) is 33.8 Å². The third-order valence-electron chi connectivity index (χ3n) is 3.00. The van der Waals surface area contributed by atoms with Crippen molar-refractivity contribution in [2.45, 2.75) is 45.6 Å². The second kappa shape index (κ2) is 5.58. The minimum Gasteiger partial charge on any atom is -0.315 e. The van der Waals surface area contributed by atoms with E-state index in [0.717, 1.165) is 18.5 Å². The molecule has 0 unspecified atom stereocenters. The van der Waals surface area contributed by atoms with E-state index in [9.17, 15) is 8.78 Å². The molecule has 0 spiro atoms. The first kappa shape index (κ1) is 14.1. The molecule has 1 N–H and O–H groups in total. The summed E-state index contributed by atoms with van der Waals surface area (Å²) < 4.78 is 26.0. The van der Waals surface area contributed by atoms with Gasteiger partial charge in [0, 0.05) is 6.04 Å². The molecule has 3 heteroatoms. The maximum absolute atomic E-state index is 13.2. The normalized spacial score (nSPS) is 12.2. The van der Waals surface area contributed by atoms with Crippen LogP contribution in [0.5, 0.6) is 0 Å². The van der Waals surface area contributed by atoms with Gasteiger partial charge < -0.3 is 5.32 Å². The van der Waals surface area contributed by atoms with Crippen LogP contribution in [0.1, 0.15) is 39.7 Å². The Bertz CT molecular complexity index is 372. The molecule has 1 rings (SSSR count). The molecule has 0 aromatic heterocycles. The van der Waals surface area contributed by atoms with Crippen LogP contribution in [0, 0.1) is 11.6 Å². The molecular weight excluding hydrogens is 220 g/mol. The number of hydrogen-bond donors (Lipinski definition) is 1. The van der Waals surface area contributed by atoms with Gasteiger partial charge in [0.1, 0.15) is 0 Å². The summed E-state index contributed by atoms with van der Waals surface area (Å²) in [6.07, 6.45) is 0.885. The number of benzene rings is 1. The van der Waals surface area contributed by atoms with Crippen molar-refractivity contribution in [1.82, 2.24) is 5.32 Å². The SMILES string of the molecule is CC(C)NCCC(C)(C)c1ccc(F)c(F)c1. The standard InChI is InChI=1S/C14H21F2N/c1-10(2)17-8-7-14(3,4)11-5-6-12(15)13(16)9-11/h5-6,9-10,17H,7-8H2,1-4H3. The van der Waals surface area contributed by atoms with Crippen LogP contribution in [0.3, 0.4) is 0 Å². The lowest BCUT2D eigenvalue weighted by Gasteiger charge is -2.26. The molecule has 0 aliphatic heterocycles. The van der Waals surface area contributed by atoms with Crippen molar-refractivity contribution >= 4 is 0 Å². The second-order valence-electron chi connectivity index (χ2n) is 5.37. The largest absolute Gasteiger partial charge is 0.315 e. The van der Waals surface area contributed by atoms with Crippen molar-refractivity contribution in [2.75, 3.05) is 6.54 Å². The Morgan fingerprint density at radius 3 is 2.35 bits per heavy atom. The van der Waals surface area contributed by atoms with Crippen molar-refractivity contribution in [3.8, 4) is 0 Å². The summed E-state index contributed by atoms with van der Waals surface area (Å²) in [5.74, 6) is -1.56. The highest BCUT2D eigenvalue weighted by Gasteiger charge is 2.21. The summed E-state index contributed by atoms with van der Waals surface area (Å²) in [7, 11) is 0. The summed E-state index contributed by atoms with van der Waals surface area (Å²) in [4.78, 5) is 0. The fourth-order valence-electron chi connectivity index (χ4n) is 1.73. The zero-order chi connectivity index (χ0) is 13.1. The molecule has 0 saturated heterocycles. The average Bonchev–Trinajstić information content (AvgIpc) is 2.21. The van der Waals surface area contributed by atoms with Crippen LogP contribution in [0.2, 0.25) is 0 Å². The van der Waals surface area contributed by atoms with E-state index in [0.29, 0.717) is 6.04 Å². The highest BCUT2D eigenvalue weighted by atomic mass is 19.2. The average molecular weight is 241 g/mol. The Labute approximate surface area is 102 Å². The first-order valence-corrected chi connectivity index (χ1v) is 6.02. The zero-order valence-corrected chi connectivity index (χ0v) is 11.0. The predicted octanol–water partition coefficient (Wildman–Crippen LogP) is 3.63. The molecule has 96 valence electrons. The van der Waals surface area contributed by atoms with Gasteiger partial charge in [0.15, 0.2) is 11.6 Å². The maximum atomic E-state index is 13.2. The fourth-order valence-corrected chi connectivity index (χ4v) is 1.73. The van der Waals surface area contributed by atoms with E-state index in [1.807, 2.05) is 13.8 Å². The molecule has 1 aromatic rings. The van der Waals surface area contributed by atoms with E-state index in [2.05, 4.69) is 19.2 Å². The second-order valence-corrected chi connectivity index (χ2v) is 5.37. The summed E-state index contributed by atoms with van der Waals surface area (Å²) in [5, 5.41) is 3.33. The van der Waals surface area contributed by atoms with Crippen molar-refractivity contribution in [3.63, 3.8) is 0 Å². The molecule has 0 aliphatic carbocycles.